The van der Waals surface area contributed by atoms with Crippen LogP contribution in [0, 0.1) is 10.1 Å². The van der Waals surface area contributed by atoms with Crippen LogP contribution in [0.15, 0.2) is 53.7 Å². The summed E-state index contributed by atoms with van der Waals surface area (Å²) in [5, 5.41) is 20.4. The first-order valence-electron chi connectivity index (χ1n) is 7.66. The number of aromatic nitrogens is 3. The number of non-ortho nitro benzene ring substituents is 1. The molecule has 0 amide bonds. The fourth-order valence-electron chi connectivity index (χ4n) is 2.21. The van der Waals surface area contributed by atoms with Crippen LogP contribution in [0.5, 0.6) is 5.75 Å². The summed E-state index contributed by atoms with van der Waals surface area (Å²) in [4.78, 5) is 10.4. The Morgan fingerprint density at radius 1 is 1.23 bits per heavy atom. The molecule has 0 saturated carbocycles. The van der Waals surface area contributed by atoms with Crippen molar-refractivity contribution in [2.45, 2.75) is 17.5 Å². The van der Waals surface area contributed by atoms with Crippen LogP contribution in [-0.4, -0.2) is 19.7 Å². The highest BCUT2D eigenvalue weighted by atomic mass is 35.5. The normalized spacial score (nSPS) is 10.7. The molecule has 0 aliphatic rings. The van der Waals surface area contributed by atoms with E-state index in [0.717, 1.165) is 5.56 Å². The molecule has 1 aromatic heterocycles. The minimum atomic E-state index is -0.402. The maximum Gasteiger partial charge on any atom is 0.269 e. The number of benzene rings is 2. The van der Waals surface area contributed by atoms with E-state index in [1.54, 1.807) is 24.3 Å². The number of rotatable bonds is 7. The maximum atomic E-state index is 10.8. The van der Waals surface area contributed by atoms with E-state index in [-0.39, 0.29) is 12.3 Å². The predicted molar refractivity (Wildman–Crippen MR) is 99.4 cm³/mol. The highest BCUT2D eigenvalue weighted by Crippen LogP contribution is 2.26. The molecule has 2 aromatic carbocycles. The predicted octanol–water partition coefficient (Wildman–Crippen LogP) is 4.25. The molecule has 3 rings (SSSR count). The molecule has 3 aromatic rings. The maximum absolute atomic E-state index is 10.8. The molecule has 7 nitrogen and oxygen atoms in total. The molecule has 0 spiro atoms. The van der Waals surface area contributed by atoms with Crippen LogP contribution in [-0.2, 0) is 19.4 Å². The molecular weight excluding hydrogens is 376 g/mol. The summed E-state index contributed by atoms with van der Waals surface area (Å²) in [6.45, 7) is 0.241. The fourth-order valence-corrected chi connectivity index (χ4v) is 3.27. The standard InChI is InChI=1S/C17H15ClN4O3S/c1-21-16(10-25-15-8-3-2-7-14(15)18)19-20-17(21)26-11-12-5-4-6-13(9-12)22(23)24/h2-9H,10-11H2,1H3. The molecule has 0 atom stereocenters. The van der Waals surface area contributed by atoms with E-state index in [9.17, 15) is 10.1 Å². The number of thioether (sulfide) groups is 1. The smallest absolute Gasteiger partial charge is 0.269 e. The lowest BCUT2D eigenvalue weighted by atomic mass is 10.2. The quantitative estimate of drug-likeness (QED) is 0.340. The molecule has 0 unspecified atom stereocenters. The molecule has 0 radical (unpaired) electrons. The minimum Gasteiger partial charge on any atom is -0.484 e. The van der Waals surface area contributed by atoms with Crippen molar-refractivity contribution < 1.29 is 9.66 Å². The summed E-state index contributed by atoms with van der Waals surface area (Å²) in [6.07, 6.45) is 0. The molecule has 0 bridgehead atoms. The molecule has 0 N–H and O–H groups in total. The topological polar surface area (TPSA) is 83.1 Å². The molecule has 1 heterocycles. The molecule has 134 valence electrons. The lowest BCUT2D eigenvalue weighted by molar-refractivity contribution is -0.384. The first-order chi connectivity index (χ1) is 12.5. The van der Waals surface area contributed by atoms with Gasteiger partial charge in [0.2, 0.25) is 0 Å². The number of para-hydroxylation sites is 1. The van der Waals surface area contributed by atoms with Crippen LogP contribution >= 0.6 is 23.4 Å². The number of ether oxygens (including phenoxy) is 1. The van der Waals surface area contributed by atoms with Gasteiger partial charge in [-0.1, -0.05) is 47.6 Å². The SMILES string of the molecule is Cn1c(COc2ccccc2Cl)nnc1SCc1cccc([N+](=O)[O-])c1. The number of halogens is 1. The molecule has 0 aliphatic carbocycles. The van der Waals surface area contributed by atoms with Gasteiger partial charge in [0.05, 0.1) is 9.95 Å². The summed E-state index contributed by atoms with van der Waals surface area (Å²) in [6, 6.07) is 13.8. The van der Waals surface area contributed by atoms with Gasteiger partial charge in [-0.3, -0.25) is 10.1 Å². The Balaban J connectivity index is 1.63. The van der Waals surface area contributed by atoms with Crippen LogP contribution in [0.2, 0.25) is 5.02 Å². The second kappa shape index (κ2) is 8.20. The van der Waals surface area contributed by atoms with Crippen LogP contribution < -0.4 is 4.74 Å². The summed E-state index contributed by atoms with van der Waals surface area (Å²) >= 11 is 7.52. The number of nitrogens with zero attached hydrogens (tertiary/aromatic N) is 4. The Hall–Kier alpha value is -2.58. The van der Waals surface area contributed by atoms with Gasteiger partial charge < -0.3 is 9.30 Å². The molecule has 0 aliphatic heterocycles. The fraction of sp³-hybridized carbons (Fsp3) is 0.176. The Labute approximate surface area is 159 Å². The lowest BCUT2D eigenvalue weighted by Gasteiger charge is -2.07. The van der Waals surface area contributed by atoms with E-state index in [1.807, 2.05) is 29.8 Å². The van der Waals surface area contributed by atoms with E-state index in [4.69, 9.17) is 16.3 Å². The zero-order valence-electron chi connectivity index (χ0n) is 13.8. The average Bonchev–Trinajstić information content (AvgIpc) is 2.99. The Morgan fingerprint density at radius 3 is 2.81 bits per heavy atom. The third-order valence-corrected chi connectivity index (χ3v) is 5.01. The highest BCUT2D eigenvalue weighted by Gasteiger charge is 2.12. The molecule has 26 heavy (non-hydrogen) atoms. The Morgan fingerprint density at radius 2 is 2.04 bits per heavy atom. The van der Waals surface area contributed by atoms with E-state index in [1.165, 1.54) is 17.8 Å². The number of nitro groups is 1. The number of hydrogen-bond acceptors (Lipinski definition) is 6. The number of hydrogen-bond donors (Lipinski definition) is 0. The molecule has 0 saturated heterocycles. The van der Waals surface area contributed by atoms with Gasteiger partial charge in [0.25, 0.3) is 5.69 Å². The van der Waals surface area contributed by atoms with Crippen LogP contribution in [0.1, 0.15) is 11.4 Å². The zero-order chi connectivity index (χ0) is 18.5. The minimum absolute atomic E-state index is 0.0786. The molecule has 0 fully saturated rings. The van der Waals surface area contributed by atoms with Gasteiger partial charge in [0.15, 0.2) is 11.0 Å². The van der Waals surface area contributed by atoms with E-state index >= 15 is 0 Å². The lowest BCUT2D eigenvalue weighted by Crippen LogP contribution is -2.04. The highest BCUT2D eigenvalue weighted by molar-refractivity contribution is 7.98. The van der Waals surface area contributed by atoms with Gasteiger partial charge in [0.1, 0.15) is 12.4 Å². The largest absolute Gasteiger partial charge is 0.484 e. The van der Waals surface area contributed by atoms with E-state index < -0.39 is 4.92 Å². The summed E-state index contributed by atoms with van der Waals surface area (Å²) in [5.74, 6) is 1.80. The van der Waals surface area contributed by atoms with Gasteiger partial charge in [-0.15, -0.1) is 10.2 Å². The summed E-state index contributed by atoms with van der Waals surface area (Å²) in [7, 11) is 1.85. The van der Waals surface area contributed by atoms with Crippen molar-refractivity contribution in [3.05, 3.63) is 75.1 Å². The van der Waals surface area contributed by atoms with Gasteiger partial charge in [-0.2, -0.15) is 0 Å². The van der Waals surface area contributed by atoms with Crippen molar-refractivity contribution in [1.82, 2.24) is 14.8 Å². The van der Waals surface area contributed by atoms with E-state index in [0.29, 0.717) is 27.5 Å². The van der Waals surface area contributed by atoms with Crippen molar-refractivity contribution in [3.63, 3.8) is 0 Å². The molecule has 9 heteroatoms. The summed E-state index contributed by atoms with van der Waals surface area (Å²) in [5.41, 5.74) is 0.927. The Bertz CT molecular complexity index is 932. The first kappa shape index (κ1) is 18.2. The van der Waals surface area contributed by atoms with Gasteiger partial charge in [-0.25, -0.2) is 0 Å². The van der Waals surface area contributed by atoms with Crippen molar-refractivity contribution >= 4 is 29.1 Å². The van der Waals surface area contributed by atoms with Gasteiger partial charge in [-0.05, 0) is 17.7 Å². The number of nitro benzene ring substituents is 1. The van der Waals surface area contributed by atoms with Crippen LogP contribution in [0.4, 0.5) is 5.69 Å². The van der Waals surface area contributed by atoms with Crippen molar-refractivity contribution in [2.24, 2.45) is 7.05 Å². The zero-order valence-corrected chi connectivity index (χ0v) is 15.4. The second-order valence-corrected chi connectivity index (χ2v) is 6.74. The van der Waals surface area contributed by atoms with Gasteiger partial charge in [0, 0.05) is 24.9 Å². The van der Waals surface area contributed by atoms with Crippen LogP contribution in [0.25, 0.3) is 0 Å². The summed E-state index contributed by atoms with van der Waals surface area (Å²) < 4.78 is 7.51. The second-order valence-electron chi connectivity index (χ2n) is 5.39. The average molecular weight is 391 g/mol. The monoisotopic (exact) mass is 390 g/mol. The van der Waals surface area contributed by atoms with Gasteiger partial charge >= 0.3 is 0 Å². The van der Waals surface area contributed by atoms with Crippen molar-refractivity contribution in [2.75, 3.05) is 0 Å². The van der Waals surface area contributed by atoms with Crippen molar-refractivity contribution in [1.29, 1.82) is 0 Å². The Kier molecular flexibility index (Phi) is 5.75. The first-order valence-corrected chi connectivity index (χ1v) is 9.02. The third kappa shape index (κ3) is 4.33. The molecular formula is C17H15ClN4O3S. The van der Waals surface area contributed by atoms with Crippen LogP contribution in [0.3, 0.4) is 0 Å². The van der Waals surface area contributed by atoms with Crippen molar-refractivity contribution in [3.8, 4) is 5.75 Å². The van der Waals surface area contributed by atoms with E-state index in [2.05, 4.69) is 10.2 Å². The third-order valence-electron chi connectivity index (χ3n) is 3.61.